The first kappa shape index (κ1) is 14.9. The molecule has 0 spiro atoms. The molecule has 0 radical (unpaired) electrons. The van der Waals surface area contributed by atoms with Gasteiger partial charge in [-0.05, 0) is 58.1 Å². The number of benzene rings is 1. The summed E-state index contributed by atoms with van der Waals surface area (Å²) in [7, 11) is 0. The van der Waals surface area contributed by atoms with Crippen LogP contribution in [-0.2, 0) is 0 Å². The highest BCUT2D eigenvalue weighted by atomic mass is 32.2. The summed E-state index contributed by atoms with van der Waals surface area (Å²) < 4.78 is 0. The van der Waals surface area contributed by atoms with Crippen molar-refractivity contribution in [2.24, 2.45) is 5.92 Å². The Bertz CT molecular complexity index is 409. The summed E-state index contributed by atoms with van der Waals surface area (Å²) in [6, 6.07) is 10.2. The fourth-order valence-electron chi connectivity index (χ4n) is 2.74. The molecule has 106 valence electrons. The number of hydrogen-bond donors (Lipinski definition) is 2. The standard InChI is InChI=1S/C16H24O2S/c1-15(2,17)12-9-10-16(3,18)14(11-12)19-13-7-5-4-6-8-13/h4-8,12,14,17-18H,9-11H2,1-3H3/t12-,14?,16?/m1/s1. The molecule has 1 aromatic carbocycles. The van der Waals surface area contributed by atoms with E-state index < -0.39 is 11.2 Å². The molecule has 1 fully saturated rings. The lowest BCUT2D eigenvalue weighted by Crippen LogP contribution is -2.47. The maximum absolute atomic E-state index is 10.6. The van der Waals surface area contributed by atoms with Crippen LogP contribution in [0.5, 0.6) is 0 Å². The maximum Gasteiger partial charge on any atom is 0.0741 e. The molecular weight excluding hydrogens is 256 g/mol. The van der Waals surface area contributed by atoms with Crippen LogP contribution in [0.4, 0.5) is 0 Å². The average molecular weight is 280 g/mol. The van der Waals surface area contributed by atoms with E-state index in [4.69, 9.17) is 0 Å². The third-order valence-corrected chi connectivity index (χ3v) is 5.74. The first-order valence-corrected chi connectivity index (χ1v) is 7.83. The van der Waals surface area contributed by atoms with E-state index in [0.717, 1.165) is 19.3 Å². The third-order valence-electron chi connectivity index (χ3n) is 4.21. The van der Waals surface area contributed by atoms with Gasteiger partial charge < -0.3 is 10.2 Å². The molecule has 0 aliphatic heterocycles. The van der Waals surface area contributed by atoms with Crippen LogP contribution in [0.3, 0.4) is 0 Å². The Kier molecular flexibility index (Phi) is 4.29. The molecule has 2 N–H and O–H groups in total. The van der Waals surface area contributed by atoms with Crippen molar-refractivity contribution in [2.45, 2.75) is 61.4 Å². The lowest BCUT2D eigenvalue weighted by molar-refractivity contribution is -0.0466. The van der Waals surface area contributed by atoms with E-state index in [1.165, 1.54) is 4.90 Å². The van der Waals surface area contributed by atoms with Crippen molar-refractivity contribution in [3.05, 3.63) is 30.3 Å². The Morgan fingerprint density at radius 1 is 1.26 bits per heavy atom. The molecule has 2 rings (SSSR count). The molecule has 0 aromatic heterocycles. The SMILES string of the molecule is CC1(O)CC[C@@H](C(C)(C)O)CC1Sc1ccccc1. The average Bonchev–Trinajstić information content (AvgIpc) is 2.31. The van der Waals surface area contributed by atoms with E-state index in [1.54, 1.807) is 11.8 Å². The molecule has 0 bridgehead atoms. The van der Waals surface area contributed by atoms with Crippen molar-refractivity contribution in [3.8, 4) is 0 Å². The smallest absolute Gasteiger partial charge is 0.0741 e. The van der Waals surface area contributed by atoms with Gasteiger partial charge in [-0.2, -0.15) is 0 Å². The third kappa shape index (κ3) is 3.74. The van der Waals surface area contributed by atoms with E-state index in [9.17, 15) is 10.2 Å². The van der Waals surface area contributed by atoms with Crippen molar-refractivity contribution in [2.75, 3.05) is 0 Å². The highest BCUT2D eigenvalue weighted by Gasteiger charge is 2.43. The fraction of sp³-hybridized carbons (Fsp3) is 0.625. The summed E-state index contributed by atoms with van der Waals surface area (Å²) in [5, 5.41) is 20.9. The Hall–Kier alpha value is -0.510. The van der Waals surface area contributed by atoms with Crippen LogP contribution in [0.25, 0.3) is 0 Å². The Balaban J connectivity index is 2.11. The summed E-state index contributed by atoms with van der Waals surface area (Å²) in [4.78, 5) is 1.18. The van der Waals surface area contributed by atoms with Crippen molar-refractivity contribution < 1.29 is 10.2 Å². The van der Waals surface area contributed by atoms with Gasteiger partial charge in [0.2, 0.25) is 0 Å². The molecule has 3 heteroatoms. The van der Waals surface area contributed by atoms with E-state index in [1.807, 2.05) is 39.0 Å². The molecule has 1 aliphatic carbocycles. The molecular formula is C16H24O2S. The van der Waals surface area contributed by atoms with Crippen molar-refractivity contribution in [1.82, 2.24) is 0 Å². The normalized spacial score (nSPS) is 32.3. The minimum Gasteiger partial charge on any atom is -0.390 e. The molecule has 0 saturated heterocycles. The predicted molar refractivity (Wildman–Crippen MR) is 80.3 cm³/mol. The van der Waals surface area contributed by atoms with Crippen LogP contribution in [0.2, 0.25) is 0 Å². The van der Waals surface area contributed by atoms with Gasteiger partial charge in [0.1, 0.15) is 0 Å². The zero-order valence-corrected chi connectivity index (χ0v) is 12.8. The zero-order chi connectivity index (χ0) is 14.1. The summed E-state index contributed by atoms with van der Waals surface area (Å²) in [5.74, 6) is 0.258. The van der Waals surface area contributed by atoms with Gasteiger partial charge >= 0.3 is 0 Å². The summed E-state index contributed by atoms with van der Waals surface area (Å²) in [6.45, 7) is 5.68. The zero-order valence-electron chi connectivity index (χ0n) is 12.0. The van der Waals surface area contributed by atoms with Gasteiger partial charge in [0.15, 0.2) is 0 Å². The van der Waals surface area contributed by atoms with Gasteiger partial charge in [0.25, 0.3) is 0 Å². The minimum absolute atomic E-state index is 0.139. The molecule has 2 nitrogen and oxygen atoms in total. The van der Waals surface area contributed by atoms with Gasteiger partial charge in [0, 0.05) is 10.1 Å². The van der Waals surface area contributed by atoms with Gasteiger partial charge in [-0.25, -0.2) is 0 Å². The van der Waals surface area contributed by atoms with Crippen LogP contribution >= 0.6 is 11.8 Å². The van der Waals surface area contributed by atoms with E-state index in [2.05, 4.69) is 12.1 Å². The monoisotopic (exact) mass is 280 g/mol. The molecule has 0 amide bonds. The van der Waals surface area contributed by atoms with E-state index >= 15 is 0 Å². The topological polar surface area (TPSA) is 40.5 Å². The van der Waals surface area contributed by atoms with E-state index in [-0.39, 0.29) is 11.2 Å². The second-order valence-corrected chi connectivity index (χ2v) is 7.68. The van der Waals surface area contributed by atoms with Crippen LogP contribution < -0.4 is 0 Å². The number of aliphatic hydroxyl groups is 2. The second-order valence-electron chi connectivity index (χ2n) is 6.40. The van der Waals surface area contributed by atoms with Gasteiger partial charge in [0.05, 0.1) is 11.2 Å². The quantitative estimate of drug-likeness (QED) is 0.890. The van der Waals surface area contributed by atoms with Gasteiger partial charge in [-0.3, -0.25) is 0 Å². The number of rotatable bonds is 3. The lowest BCUT2D eigenvalue weighted by Gasteiger charge is -2.44. The molecule has 19 heavy (non-hydrogen) atoms. The maximum atomic E-state index is 10.6. The highest BCUT2D eigenvalue weighted by Crippen LogP contribution is 2.44. The molecule has 0 heterocycles. The van der Waals surface area contributed by atoms with Gasteiger partial charge in [-0.1, -0.05) is 18.2 Å². The lowest BCUT2D eigenvalue weighted by atomic mass is 9.73. The second kappa shape index (κ2) is 5.47. The molecule has 1 saturated carbocycles. The summed E-state index contributed by atoms with van der Waals surface area (Å²) in [5.41, 5.74) is -1.31. The van der Waals surface area contributed by atoms with Crippen LogP contribution in [0, 0.1) is 5.92 Å². The van der Waals surface area contributed by atoms with Gasteiger partial charge in [-0.15, -0.1) is 11.8 Å². The number of hydrogen-bond acceptors (Lipinski definition) is 3. The Morgan fingerprint density at radius 2 is 1.89 bits per heavy atom. The molecule has 2 unspecified atom stereocenters. The first-order chi connectivity index (χ1) is 8.79. The highest BCUT2D eigenvalue weighted by molar-refractivity contribution is 8.00. The first-order valence-electron chi connectivity index (χ1n) is 6.95. The number of thioether (sulfide) groups is 1. The molecule has 3 atom stereocenters. The summed E-state index contributed by atoms with van der Waals surface area (Å²) >= 11 is 1.73. The Labute approximate surface area is 120 Å². The summed E-state index contributed by atoms with van der Waals surface area (Å²) in [6.07, 6.45) is 2.50. The molecule has 1 aromatic rings. The largest absolute Gasteiger partial charge is 0.390 e. The predicted octanol–water partition coefficient (Wildman–Crippen LogP) is 3.47. The van der Waals surface area contributed by atoms with Crippen molar-refractivity contribution in [3.63, 3.8) is 0 Å². The molecule has 1 aliphatic rings. The van der Waals surface area contributed by atoms with Crippen LogP contribution in [0.1, 0.15) is 40.0 Å². The van der Waals surface area contributed by atoms with Crippen molar-refractivity contribution in [1.29, 1.82) is 0 Å². The van der Waals surface area contributed by atoms with E-state index in [0.29, 0.717) is 0 Å². The minimum atomic E-state index is -0.661. The van der Waals surface area contributed by atoms with Crippen LogP contribution in [0.15, 0.2) is 35.2 Å². The fourth-order valence-corrected chi connectivity index (χ4v) is 4.08. The van der Waals surface area contributed by atoms with Crippen molar-refractivity contribution >= 4 is 11.8 Å². The van der Waals surface area contributed by atoms with Crippen LogP contribution in [-0.4, -0.2) is 26.7 Å². The Morgan fingerprint density at radius 3 is 2.47 bits per heavy atom.